The molecule has 0 aromatic carbocycles. The van der Waals surface area contributed by atoms with Crippen LogP contribution in [0.4, 0.5) is 0 Å². The summed E-state index contributed by atoms with van der Waals surface area (Å²) in [5.41, 5.74) is 0. The molecule has 264 valence electrons. The molecule has 0 fully saturated rings. The van der Waals surface area contributed by atoms with Gasteiger partial charge in [-0.3, -0.25) is 0 Å². The number of unbranched alkanes of at least 4 members (excludes halogenated alkanes) is 32. The Morgan fingerprint density at radius 3 is 0.565 bits per heavy atom. The Morgan fingerprint density at radius 2 is 0.435 bits per heavy atom. The van der Waals surface area contributed by atoms with Crippen LogP contribution in [0, 0.1) is 0 Å². The Bertz CT molecular complexity index is 561. The first-order valence-corrected chi connectivity index (χ1v) is 19.9. The van der Waals surface area contributed by atoms with Gasteiger partial charge in [0, 0.05) is 11.9 Å². The van der Waals surface area contributed by atoms with Crippen LogP contribution in [0.5, 0.6) is 0 Å². The fourth-order valence-corrected chi connectivity index (χ4v) is 5.99. The van der Waals surface area contributed by atoms with Crippen LogP contribution < -0.4 is 10.2 Å². The van der Waals surface area contributed by atoms with E-state index < -0.39 is 11.9 Å². The first-order chi connectivity index (χ1) is 21.5. The molecule has 4 nitrogen and oxygen atoms in total. The Labute approximate surface area is 317 Å². The minimum atomic E-state index is -0.903. The molecule has 0 saturated carbocycles. The van der Waals surface area contributed by atoms with Gasteiger partial charge in [-0.2, -0.15) is 0 Å². The van der Waals surface area contributed by atoms with Gasteiger partial charge < -0.3 is 19.8 Å². The Kier molecular flexibility index (Phi) is 57.4. The molecular weight excluding hydrogens is 634 g/mol. The fraction of sp³-hybridized carbons (Fsp3) is 0.950. The number of hydrogen-bond donors (Lipinski definition) is 0. The standard InChI is InChI=1S/C22H44O2.C18H36O2.Mg.Zn/c1-2-3-4-5-6-7-8-9-10-11-12-13-14-15-16-17-18-19-20-21-22(23)24;1-2-3-4-5-6-7-8-9-10-11-12-13-14-15-16-17-18(19)20;;/h2-21H2,1H3,(H,23,24);2-17H2,1H3,(H,19,20);;/q;;2*+2/p-2. The van der Waals surface area contributed by atoms with E-state index in [1.807, 2.05) is 0 Å². The van der Waals surface area contributed by atoms with Crippen LogP contribution in [0.25, 0.3) is 0 Å². The van der Waals surface area contributed by atoms with Crippen molar-refractivity contribution in [2.75, 3.05) is 0 Å². The quantitative estimate of drug-likeness (QED) is 0.0478. The summed E-state index contributed by atoms with van der Waals surface area (Å²) in [5.74, 6) is -1.80. The average Bonchev–Trinajstić information content (AvgIpc) is 3.00. The van der Waals surface area contributed by atoms with Crippen molar-refractivity contribution in [2.45, 2.75) is 245 Å². The van der Waals surface area contributed by atoms with Crippen LogP contribution in [-0.2, 0) is 29.1 Å². The average molecular weight is 713 g/mol. The second-order valence-electron chi connectivity index (χ2n) is 13.6. The van der Waals surface area contributed by atoms with Crippen LogP contribution in [0.1, 0.15) is 245 Å². The summed E-state index contributed by atoms with van der Waals surface area (Å²) in [5, 5.41) is 20.5. The summed E-state index contributed by atoms with van der Waals surface area (Å²) in [6.07, 6.45) is 45.6. The largest absolute Gasteiger partial charge is 2.00 e. The molecule has 0 heterocycles. The van der Waals surface area contributed by atoms with E-state index in [2.05, 4.69) is 13.8 Å². The normalized spacial score (nSPS) is 10.5. The predicted octanol–water partition coefficient (Wildman–Crippen LogP) is 11.2. The second kappa shape index (κ2) is 49.7. The van der Waals surface area contributed by atoms with E-state index in [0.717, 1.165) is 25.7 Å². The molecule has 0 aliphatic rings. The molecule has 0 aromatic rings. The molecule has 0 saturated heterocycles. The molecule has 0 bridgehead atoms. The maximum absolute atomic E-state index is 10.3. The van der Waals surface area contributed by atoms with Gasteiger partial charge in [-0.25, -0.2) is 0 Å². The zero-order valence-corrected chi connectivity index (χ0v) is 35.9. The monoisotopic (exact) mass is 711 g/mol. The Morgan fingerprint density at radius 1 is 0.304 bits per heavy atom. The maximum atomic E-state index is 10.3. The molecule has 46 heavy (non-hydrogen) atoms. The molecule has 6 heteroatoms. The second-order valence-corrected chi connectivity index (χ2v) is 13.6. The molecule has 0 unspecified atom stereocenters. The molecule has 0 atom stereocenters. The summed E-state index contributed by atoms with van der Waals surface area (Å²) < 4.78 is 0. The van der Waals surface area contributed by atoms with Crippen molar-refractivity contribution in [3.05, 3.63) is 0 Å². The van der Waals surface area contributed by atoms with Crippen LogP contribution in [0.2, 0.25) is 0 Å². The molecule has 0 aliphatic carbocycles. The summed E-state index contributed by atoms with van der Waals surface area (Å²) in [4.78, 5) is 20.5. The van der Waals surface area contributed by atoms with Crippen molar-refractivity contribution in [1.82, 2.24) is 0 Å². The zero-order chi connectivity index (χ0) is 32.6. The first-order valence-electron chi connectivity index (χ1n) is 19.9. The van der Waals surface area contributed by atoms with Crippen LogP contribution in [-0.4, -0.2) is 35.0 Å². The number of hydrogen-bond acceptors (Lipinski definition) is 4. The molecule has 0 amide bonds. The van der Waals surface area contributed by atoms with Crippen LogP contribution in [0.15, 0.2) is 0 Å². The van der Waals surface area contributed by atoms with E-state index in [4.69, 9.17) is 0 Å². The number of carbonyl (C=O) groups excluding carboxylic acids is 2. The van der Waals surface area contributed by atoms with Gasteiger partial charge in [-0.05, 0) is 25.7 Å². The summed E-state index contributed by atoms with van der Waals surface area (Å²) >= 11 is 0. The molecule has 0 N–H and O–H groups in total. The Balaban J connectivity index is -0.000000373. The molecule has 0 spiro atoms. The topological polar surface area (TPSA) is 80.3 Å². The zero-order valence-electron chi connectivity index (χ0n) is 31.5. The third-order valence-electron chi connectivity index (χ3n) is 8.97. The first kappa shape index (κ1) is 53.1. The van der Waals surface area contributed by atoms with Gasteiger partial charge in [-0.15, -0.1) is 0 Å². The van der Waals surface area contributed by atoms with Gasteiger partial charge in [0.25, 0.3) is 0 Å². The fourth-order valence-electron chi connectivity index (χ4n) is 5.99. The van der Waals surface area contributed by atoms with E-state index in [-0.39, 0.29) is 55.4 Å². The smallest absolute Gasteiger partial charge is 0.550 e. The number of carboxylic acids is 2. The minimum Gasteiger partial charge on any atom is -0.550 e. The van der Waals surface area contributed by atoms with E-state index in [1.54, 1.807) is 0 Å². The van der Waals surface area contributed by atoms with Gasteiger partial charge in [0.05, 0.1) is 0 Å². The van der Waals surface area contributed by atoms with Crippen molar-refractivity contribution in [3.8, 4) is 0 Å². The molecule has 0 aliphatic heterocycles. The van der Waals surface area contributed by atoms with Crippen molar-refractivity contribution < 1.29 is 39.3 Å². The third-order valence-corrected chi connectivity index (χ3v) is 8.97. The van der Waals surface area contributed by atoms with Crippen molar-refractivity contribution >= 4 is 35.0 Å². The number of rotatable bonds is 36. The summed E-state index contributed by atoms with van der Waals surface area (Å²) in [6.45, 7) is 4.55. The minimum absolute atomic E-state index is 0. The molecule has 0 rings (SSSR count). The van der Waals surface area contributed by atoms with E-state index in [1.165, 1.54) is 193 Å². The van der Waals surface area contributed by atoms with Gasteiger partial charge >= 0.3 is 42.5 Å². The predicted molar refractivity (Wildman–Crippen MR) is 193 cm³/mol. The SMILES string of the molecule is CCCCCCCCCCCCCCCCCC(=O)[O-].CCCCCCCCCCCCCCCCCCCCCC(=O)[O-].[Mg+2].[Zn+2]. The molecule has 0 radical (unpaired) electrons. The maximum Gasteiger partial charge on any atom is 2.00 e. The summed E-state index contributed by atoms with van der Waals surface area (Å²) in [6, 6.07) is 0. The Hall–Kier alpha value is 0.330. The van der Waals surface area contributed by atoms with E-state index >= 15 is 0 Å². The van der Waals surface area contributed by atoms with Gasteiger partial charge in [0.2, 0.25) is 0 Å². The summed E-state index contributed by atoms with van der Waals surface area (Å²) in [7, 11) is 0. The van der Waals surface area contributed by atoms with E-state index in [9.17, 15) is 19.8 Å². The third kappa shape index (κ3) is 56.6. The van der Waals surface area contributed by atoms with Gasteiger partial charge in [-0.1, -0.05) is 219 Å². The van der Waals surface area contributed by atoms with Crippen LogP contribution >= 0.6 is 0 Å². The van der Waals surface area contributed by atoms with Crippen molar-refractivity contribution in [1.29, 1.82) is 0 Å². The number of carbonyl (C=O) groups is 2. The van der Waals surface area contributed by atoms with Crippen molar-refractivity contribution in [2.24, 2.45) is 0 Å². The van der Waals surface area contributed by atoms with Crippen molar-refractivity contribution in [3.63, 3.8) is 0 Å². The molecule has 0 aromatic heterocycles. The van der Waals surface area contributed by atoms with Gasteiger partial charge in [0.1, 0.15) is 0 Å². The van der Waals surface area contributed by atoms with Crippen LogP contribution in [0.3, 0.4) is 0 Å². The number of carboxylic acid groups (broad SMARTS) is 2. The molecular formula is C40H78MgO4Zn+2. The number of aliphatic carboxylic acids is 2. The van der Waals surface area contributed by atoms with Gasteiger partial charge in [0.15, 0.2) is 0 Å². The van der Waals surface area contributed by atoms with E-state index in [0.29, 0.717) is 0 Å².